The maximum atomic E-state index is 14.2. The molecular formula is C27H31Cl2NO5S. The molecular weight excluding hydrogens is 521 g/mol. The number of carbonyl (C=O) groups excluding carboxylic acids is 1. The van der Waals surface area contributed by atoms with Gasteiger partial charge in [-0.3, -0.25) is 9.59 Å². The van der Waals surface area contributed by atoms with Crippen LogP contribution < -0.4 is 0 Å². The number of nitrogens with zero attached hydrogens (tertiary/aromatic N) is 1. The number of carbonyl (C=O) groups is 2. The highest BCUT2D eigenvalue weighted by Crippen LogP contribution is 2.54. The predicted molar refractivity (Wildman–Crippen MR) is 141 cm³/mol. The summed E-state index contributed by atoms with van der Waals surface area (Å²) in [5.74, 6) is -1.78. The summed E-state index contributed by atoms with van der Waals surface area (Å²) in [6.45, 7) is 3.29. The average molecular weight is 553 g/mol. The number of piperidine rings is 1. The first-order valence-corrected chi connectivity index (χ1v) is 14.8. The lowest BCUT2D eigenvalue weighted by Gasteiger charge is -2.52. The van der Waals surface area contributed by atoms with Gasteiger partial charge in [-0.1, -0.05) is 61.3 Å². The molecule has 0 unspecified atom stereocenters. The van der Waals surface area contributed by atoms with Gasteiger partial charge in [0.15, 0.2) is 9.84 Å². The van der Waals surface area contributed by atoms with Crippen LogP contribution in [0, 0.1) is 11.3 Å². The summed E-state index contributed by atoms with van der Waals surface area (Å²) in [6, 6.07) is 13.6. The van der Waals surface area contributed by atoms with Crippen molar-refractivity contribution in [3.63, 3.8) is 0 Å². The third-order valence-electron chi connectivity index (χ3n) is 7.52. The van der Waals surface area contributed by atoms with Crippen molar-refractivity contribution in [2.24, 2.45) is 11.3 Å². The van der Waals surface area contributed by atoms with Gasteiger partial charge in [0.2, 0.25) is 5.91 Å². The number of carboxylic acid groups (broad SMARTS) is 1. The van der Waals surface area contributed by atoms with Crippen LogP contribution in [-0.4, -0.2) is 47.8 Å². The van der Waals surface area contributed by atoms with Crippen molar-refractivity contribution in [2.75, 3.05) is 11.5 Å². The van der Waals surface area contributed by atoms with E-state index in [-0.39, 0.29) is 35.7 Å². The molecule has 1 amide bonds. The molecule has 0 bridgehead atoms. The molecule has 2 fully saturated rings. The smallest absolute Gasteiger partial charge is 0.304 e. The highest BCUT2D eigenvalue weighted by molar-refractivity contribution is 7.91. The number of carboxylic acids is 1. The molecule has 0 spiro atoms. The summed E-state index contributed by atoms with van der Waals surface area (Å²) in [4.78, 5) is 27.9. The Morgan fingerprint density at radius 1 is 1.11 bits per heavy atom. The van der Waals surface area contributed by atoms with Crippen molar-refractivity contribution in [3.8, 4) is 0 Å². The third-order valence-corrected chi connectivity index (χ3v) is 9.74. The van der Waals surface area contributed by atoms with Crippen LogP contribution in [0.1, 0.15) is 62.6 Å². The topological polar surface area (TPSA) is 91.8 Å². The summed E-state index contributed by atoms with van der Waals surface area (Å²) in [5.41, 5.74) is 0.504. The number of halogens is 2. The minimum atomic E-state index is -3.41. The molecule has 2 aromatic carbocycles. The number of benzene rings is 2. The van der Waals surface area contributed by atoms with Gasteiger partial charge in [-0.05, 0) is 60.6 Å². The van der Waals surface area contributed by atoms with Gasteiger partial charge in [0.25, 0.3) is 0 Å². The summed E-state index contributed by atoms with van der Waals surface area (Å²) >= 11 is 12.5. The highest BCUT2D eigenvalue weighted by atomic mass is 35.5. The van der Waals surface area contributed by atoms with Crippen LogP contribution >= 0.6 is 23.2 Å². The summed E-state index contributed by atoms with van der Waals surface area (Å²) in [6.07, 6.45) is 1.61. The van der Waals surface area contributed by atoms with E-state index in [9.17, 15) is 23.1 Å². The molecule has 0 aromatic heterocycles. The molecule has 36 heavy (non-hydrogen) atoms. The molecule has 194 valence electrons. The lowest BCUT2D eigenvalue weighted by atomic mass is 9.67. The van der Waals surface area contributed by atoms with E-state index in [2.05, 4.69) is 0 Å². The number of sulfone groups is 1. The predicted octanol–water partition coefficient (Wildman–Crippen LogP) is 5.74. The van der Waals surface area contributed by atoms with Crippen molar-refractivity contribution in [3.05, 3.63) is 69.7 Å². The zero-order chi connectivity index (χ0) is 26.3. The SMILES string of the molecule is CCS(=O)(=O)C[C@H](C1CC1)N1C(=O)[C@](C)(CC(=O)O)C[C@H](c2cccc(Cl)c2)[C@H]1c1ccc(Cl)cc1. The number of amides is 1. The molecule has 2 aliphatic rings. The first kappa shape index (κ1) is 27.0. The van der Waals surface area contributed by atoms with Gasteiger partial charge in [-0.25, -0.2) is 8.42 Å². The number of aliphatic carboxylic acids is 1. The zero-order valence-corrected chi connectivity index (χ0v) is 22.7. The zero-order valence-electron chi connectivity index (χ0n) is 20.4. The third kappa shape index (κ3) is 5.74. The van der Waals surface area contributed by atoms with Crippen LogP contribution in [0.25, 0.3) is 0 Å². The fourth-order valence-corrected chi connectivity index (χ4v) is 7.06. The van der Waals surface area contributed by atoms with Crippen LogP contribution in [-0.2, 0) is 19.4 Å². The number of hydrogen-bond donors (Lipinski definition) is 1. The Kier molecular flexibility index (Phi) is 7.75. The molecule has 6 nitrogen and oxygen atoms in total. The van der Waals surface area contributed by atoms with Gasteiger partial charge in [-0.2, -0.15) is 0 Å². The van der Waals surface area contributed by atoms with E-state index in [0.717, 1.165) is 24.0 Å². The Morgan fingerprint density at radius 3 is 2.33 bits per heavy atom. The number of likely N-dealkylation sites (tertiary alicyclic amines) is 1. The van der Waals surface area contributed by atoms with E-state index < -0.39 is 33.3 Å². The van der Waals surface area contributed by atoms with Crippen LogP contribution in [0.3, 0.4) is 0 Å². The minimum absolute atomic E-state index is 0.0199. The van der Waals surface area contributed by atoms with Gasteiger partial charge in [-0.15, -0.1) is 0 Å². The highest BCUT2D eigenvalue weighted by Gasteiger charge is 2.55. The van der Waals surface area contributed by atoms with E-state index in [1.807, 2.05) is 30.3 Å². The van der Waals surface area contributed by atoms with E-state index >= 15 is 0 Å². The Labute approximate surface area is 222 Å². The maximum Gasteiger partial charge on any atom is 0.304 e. The normalized spacial score (nSPS) is 25.6. The van der Waals surface area contributed by atoms with Crippen LogP contribution in [0.2, 0.25) is 10.0 Å². The average Bonchev–Trinajstić information content (AvgIpc) is 3.65. The van der Waals surface area contributed by atoms with E-state index in [1.54, 1.807) is 36.9 Å². The van der Waals surface area contributed by atoms with E-state index in [0.29, 0.717) is 16.5 Å². The second kappa shape index (κ2) is 10.3. The summed E-state index contributed by atoms with van der Waals surface area (Å²) < 4.78 is 25.7. The van der Waals surface area contributed by atoms with Crippen molar-refractivity contribution in [1.29, 1.82) is 0 Å². The fraction of sp³-hybridized carbons (Fsp3) is 0.481. The van der Waals surface area contributed by atoms with Crippen LogP contribution in [0.15, 0.2) is 48.5 Å². The molecule has 1 N–H and O–H groups in total. The van der Waals surface area contributed by atoms with E-state index in [1.165, 1.54) is 0 Å². The Hall–Kier alpha value is -2.09. The molecule has 4 atom stereocenters. The molecule has 4 rings (SSSR count). The lowest BCUT2D eigenvalue weighted by Crippen LogP contribution is -2.58. The van der Waals surface area contributed by atoms with Crippen LogP contribution in [0.4, 0.5) is 0 Å². The Balaban J connectivity index is 1.93. The fourth-order valence-electron chi connectivity index (χ4n) is 5.55. The van der Waals surface area contributed by atoms with Crippen LogP contribution in [0.5, 0.6) is 0 Å². The molecule has 2 aromatic rings. The molecule has 9 heteroatoms. The molecule has 0 radical (unpaired) electrons. The van der Waals surface area contributed by atoms with E-state index in [4.69, 9.17) is 23.2 Å². The molecule has 1 heterocycles. The van der Waals surface area contributed by atoms with Crippen molar-refractivity contribution >= 4 is 44.9 Å². The monoisotopic (exact) mass is 551 g/mol. The largest absolute Gasteiger partial charge is 0.481 e. The van der Waals surface area contributed by atoms with Gasteiger partial charge in [0.05, 0.1) is 23.6 Å². The van der Waals surface area contributed by atoms with Gasteiger partial charge >= 0.3 is 5.97 Å². The molecule has 1 saturated heterocycles. The quantitative estimate of drug-likeness (QED) is 0.428. The Bertz CT molecular complexity index is 1250. The maximum absolute atomic E-state index is 14.2. The van der Waals surface area contributed by atoms with Crippen molar-refractivity contribution in [2.45, 2.75) is 57.5 Å². The Morgan fingerprint density at radius 2 is 1.78 bits per heavy atom. The number of rotatable bonds is 9. The summed E-state index contributed by atoms with van der Waals surface area (Å²) in [5, 5.41) is 10.8. The first-order valence-electron chi connectivity index (χ1n) is 12.2. The van der Waals surface area contributed by atoms with Gasteiger partial charge in [0, 0.05) is 27.8 Å². The van der Waals surface area contributed by atoms with Crippen molar-refractivity contribution < 1.29 is 23.1 Å². The lowest BCUT2D eigenvalue weighted by molar-refractivity contribution is -0.160. The molecule has 1 saturated carbocycles. The first-order chi connectivity index (χ1) is 16.9. The summed E-state index contributed by atoms with van der Waals surface area (Å²) in [7, 11) is -3.41. The second-order valence-corrected chi connectivity index (χ2v) is 13.6. The molecule has 1 aliphatic carbocycles. The number of hydrogen-bond acceptors (Lipinski definition) is 4. The van der Waals surface area contributed by atoms with Gasteiger partial charge < -0.3 is 10.0 Å². The second-order valence-electron chi connectivity index (χ2n) is 10.3. The minimum Gasteiger partial charge on any atom is -0.481 e. The standard InChI is InChI=1S/C27H31Cl2NO5S/c1-3-36(34,35)16-23(17-7-8-17)30-25(18-9-11-20(28)12-10-18)22(19-5-4-6-21(29)13-19)14-27(2,26(30)33)15-24(31)32/h4-6,9-13,17,22-23,25H,3,7-8,14-16H2,1-2H3,(H,31,32)/t22-,23-,25-,27+/m1/s1. The van der Waals surface area contributed by atoms with Gasteiger partial charge in [0.1, 0.15) is 0 Å². The molecule has 1 aliphatic heterocycles. The van der Waals surface area contributed by atoms with Crippen molar-refractivity contribution in [1.82, 2.24) is 4.90 Å².